The highest BCUT2D eigenvalue weighted by Crippen LogP contribution is 2.16. The molecule has 1 amide bonds. The molecule has 3 rings (SSSR count). The largest absolute Gasteiger partial charge is 0.350 e. The maximum absolute atomic E-state index is 12.1. The number of nitrogens with zero attached hydrogens (tertiary/aromatic N) is 3. The minimum atomic E-state index is -0.0248. The van der Waals surface area contributed by atoms with Crippen LogP contribution in [0.3, 0.4) is 0 Å². The van der Waals surface area contributed by atoms with Gasteiger partial charge in [0, 0.05) is 36.9 Å². The number of aryl methyl sites for hydroxylation is 1. The monoisotopic (exact) mass is 320 g/mol. The molecule has 24 heavy (non-hydrogen) atoms. The molecule has 1 N–H and O–H groups in total. The van der Waals surface area contributed by atoms with Crippen LogP contribution in [0.2, 0.25) is 0 Å². The highest BCUT2D eigenvalue weighted by Gasteiger charge is 2.10. The second kappa shape index (κ2) is 7.55. The van der Waals surface area contributed by atoms with Crippen LogP contribution in [0, 0.1) is 0 Å². The van der Waals surface area contributed by atoms with Crippen molar-refractivity contribution in [2.75, 3.05) is 0 Å². The first-order chi connectivity index (χ1) is 11.7. The second-order valence-electron chi connectivity index (χ2n) is 5.71. The Labute approximate surface area is 141 Å². The van der Waals surface area contributed by atoms with Crippen LogP contribution in [-0.2, 0) is 11.2 Å². The molecule has 0 spiro atoms. The van der Waals surface area contributed by atoms with Gasteiger partial charge in [-0.05, 0) is 42.7 Å². The van der Waals surface area contributed by atoms with Crippen molar-refractivity contribution >= 4 is 5.91 Å². The lowest BCUT2D eigenvalue weighted by Crippen LogP contribution is -2.26. The molecule has 0 bridgehead atoms. The third-order valence-electron chi connectivity index (χ3n) is 3.94. The Balaban J connectivity index is 1.54. The third-order valence-corrected chi connectivity index (χ3v) is 3.94. The first-order valence-electron chi connectivity index (χ1n) is 7.99. The SMILES string of the molecule is C[C@@H](NC(=O)CCc1cccnc1)c1ccc(-n2ccnc2)cc1. The fraction of sp³-hybridized carbons (Fsp3) is 0.211. The fourth-order valence-corrected chi connectivity index (χ4v) is 2.55. The number of pyridine rings is 1. The van der Waals surface area contributed by atoms with Crippen LogP contribution in [0.5, 0.6) is 0 Å². The number of aromatic nitrogens is 3. The first kappa shape index (κ1) is 15.9. The summed E-state index contributed by atoms with van der Waals surface area (Å²) >= 11 is 0. The average molecular weight is 320 g/mol. The molecule has 1 atom stereocenters. The summed E-state index contributed by atoms with van der Waals surface area (Å²) in [5.41, 5.74) is 3.20. The Morgan fingerprint density at radius 3 is 2.67 bits per heavy atom. The van der Waals surface area contributed by atoms with Crippen molar-refractivity contribution in [1.29, 1.82) is 0 Å². The van der Waals surface area contributed by atoms with Gasteiger partial charge in [0.1, 0.15) is 0 Å². The summed E-state index contributed by atoms with van der Waals surface area (Å²) in [5.74, 6) is 0.0463. The van der Waals surface area contributed by atoms with Gasteiger partial charge in [-0.25, -0.2) is 4.98 Å². The van der Waals surface area contributed by atoms with Crippen LogP contribution >= 0.6 is 0 Å². The molecule has 0 aliphatic carbocycles. The van der Waals surface area contributed by atoms with Crippen LogP contribution in [0.1, 0.15) is 30.5 Å². The molecule has 1 aromatic carbocycles. The Bertz CT molecular complexity index is 767. The van der Waals surface area contributed by atoms with E-state index in [9.17, 15) is 4.79 Å². The molecule has 0 unspecified atom stereocenters. The lowest BCUT2D eigenvalue weighted by Gasteiger charge is -2.15. The number of nitrogens with one attached hydrogen (secondary N) is 1. The van der Waals surface area contributed by atoms with Gasteiger partial charge in [-0.3, -0.25) is 9.78 Å². The summed E-state index contributed by atoms with van der Waals surface area (Å²) in [6.45, 7) is 1.99. The van der Waals surface area contributed by atoms with E-state index in [-0.39, 0.29) is 11.9 Å². The highest BCUT2D eigenvalue weighted by atomic mass is 16.1. The van der Waals surface area contributed by atoms with Crippen molar-refractivity contribution < 1.29 is 4.79 Å². The minimum Gasteiger partial charge on any atom is -0.350 e. The van der Waals surface area contributed by atoms with Crippen molar-refractivity contribution in [3.63, 3.8) is 0 Å². The van der Waals surface area contributed by atoms with E-state index in [1.54, 1.807) is 24.9 Å². The molecular weight excluding hydrogens is 300 g/mol. The second-order valence-corrected chi connectivity index (χ2v) is 5.71. The van der Waals surface area contributed by atoms with Gasteiger partial charge in [0.25, 0.3) is 0 Å². The molecule has 3 aromatic rings. The minimum absolute atomic E-state index is 0.0248. The normalized spacial score (nSPS) is 11.9. The Hall–Kier alpha value is -2.95. The van der Waals surface area contributed by atoms with Gasteiger partial charge in [-0.2, -0.15) is 0 Å². The van der Waals surface area contributed by atoms with Crippen LogP contribution in [0.15, 0.2) is 67.5 Å². The zero-order valence-electron chi connectivity index (χ0n) is 13.6. The number of imidazole rings is 1. The van der Waals surface area contributed by atoms with Crippen molar-refractivity contribution in [3.8, 4) is 5.69 Å². The average Bonchev–Trinajstić information content (AvgIpc) is 3.16. The molecule has 0 aliphatic heterocycles. The summed E-state index contributed by atoms with van der Waals surface area (Å²) in [4.78, 5) is 20.2. The summed E-state index contributed by atoms with van der Waals surface area (Å²) in [6.07, 6.45) is 10.1. The van der Waals surface area contributed by atoms with Gasteiger partial charge in [0.05, 0.1) is 12.4 Å². The summed E-state index contributed by atoms with van der Waals surface area (Å²) in [5, 5.41) is 3.04. The summed E-state index contributed by atoms with van der Waals surface area (Å²) in [7, 11) is 0. The van der Waals surface area contributed by atoms with Crippen molar-refractivity contribution in [2.24, 2.45) is 0 Å². The Morgan fingerprint density at radius 1 is 1.17 bits per heavy atom. The van der Waals surface area contributed by atoms with Crippen molar-refractivity contribution in [1.82, 2.24) is 19.9 Å². The predicted molar refractivity (Wildman–Crippen MR) is 92.7 cm³/mol. The third kappa shape index (κ3) is 4.07. The Morgan fingerprint density at radius 2 is 2.00 bits per heavy atom. The highest BCUT2D eigenvalue weighted by molar-refractivity contribution is 5.76. The van der Waals surface area contributed by atoms with Crippen LogP contribution < -0.4 is 5.32 Å². The molecule has 2 aromatic heterocycles. The molecule has 0 saturated carbocycles. The van der Waals surface area contributed by atoms with E-state index in [0.29, 0.717) is 12.8 Å². The van der Waals surface area contributed by atoms with Gasteiger partial charge in [-0.15, -0.1) is 0 Å². The molecular formula is C19H20N4O. The number of carbonyl (C=O) groups excluding carboxylic acids is 1. The van der Waals surface area contributed by atoms with Gasteiger partial charge in [0.15, 0.2) is 0 Å². The molecule has 5 nitrogen and oxygen atoms in total. The molecule has 2 heterocycles. The van der Waals surface area contributed by atoms with E-state index in [4.69, 9.17) is 0 Å². The molecule has 0 aliphatic rings. The van der Waals surface area contributed by atoms with Gasteiger partial charge >= 0.3 is 0 Å². The molecule has 0 fully saturated rings. The lowest BCUT2D eigenvalue weighted by atomic mass is 10.1. The quantitative estimate of drug-likeness (QED) is 0.759. The van der Waals surface area contributed by atoms with Crippen LogP contribution in [-0.4, -0.2) is 20.4 Å². The number of hydrogen-bond donors (Lipinski definition) is 1. The maximum atomic E-state index is 12.1. The van der Waals surface area contributed by atoms with Gasteiger partial charge < -0.3 is 9.88 Å². The number of carbonyl (C=O) groups is 1. The van der Waals surface area contributed by atoms with Crippen molar-refractivity contribution in [3.05, 3.63) is 78.6 Å². The van der Waals surface area contributed by atoms with E-state index < -0.39 is 0 Å². The topological polar surface area (TPSA) is 59.8 Å². The van der Waals surface area contributed by atoms with E-state index in [2.05, 4.69) is 15.3 Å². The van der Waals surface area contributed by atoms with Crippen LogP contribution in [0.4, 0.5) is 0 Å². The lowest BCUT2D eigenvalue weighted by molar-refractivity contribution is -0.121. The van der Waals surface area contributed by atoms with Gasteiger partial charge in [0.2, 0.25) is 5.91 Å². The predicted octanol–water partition coefficient (Wildman–Crippen LogP) is 3.08. The number of amides is 1. The molecule has 122 valence electrons. The van der Waals surface area contributed by atoms with Crippen molar-refractivity contribution in [2.45, 2.75) is 25.8 Å². The number of hydrogen-bond acceptors (Lipinski definition) is 3. The smallest absolute Gasteiger partial charge is 0.220 e. The van der Waals surface area contributed by atoms with E-state index in [0.717, 1.165) is 16.8 Å². The maximum Gasteiger partial charge on any atom is 0.220 e. The molecule has 5 heteroatoms. The molecule has 0 saturated heterocycles. The number of benzene rings is 1. The Kier molecular flexibility index (Phi) is 5.01. The fourth-order valence-electron chi connectivity index (χ4n) is 2.55. The zero-order valence-corrected chi connectivity index (χ0v) is 13.6. The van der Waals surface area contributed by atoms with Crippen LogP contribution in [0.25, 0.3) is 5.69 Å². The number of rotatable bonds is 6. The molecule has 0 radical (unpaired) electrons. The van der Waals surface area contributed by atoms with E-state index in [1.165, 1.54) is 0 Å². The zero-order chi connectivity index (χ0) is 16.8. The van der Waals surface area contributed by atoms with E-state index >= 15 is 0 Å². The standard InChI is InChI=1S/C19H20N4O/c1-15(22-19(24)9-4-16-3-2-10-20-13-16)17-5-7-18(8-6-17)23-12-11-21-14-23/h2-3,5-8,10-15H,4,9H2,1H3,(H,22,24)/t15-/m1/s1. The van der Waals surface area contributed by atoms with Gasteiger partial charge in [-0.1, -0.05) is 18.2 Å². The summed E-state index contributed by atoms with van der Waals surface area (Å²) < 4.78 is 1.95. The van der Waals surface area contributed by atoms with E-state index in [1.807, 2.05) is 54.1 Å². The first-order valence-corrected chi connectivity index (χ1v) is 7.99. The summed E-state index contributed by atoms with van der Waals surface area (Å²) in [6, 6.07) is 12.0.